The molecule has 0 bridgehead atoms. The van der Waals surface area contributed by atoms with Crippen molar-refractivity contribution in [2.24, 2.45) is 4.99 Å². The molecule has 1 amide bonds. The molecule has 0 fully saturated rings. The Morgan fingerprint density at radius 3 is 2.84 bits per heavy atom. The van der Waals surface area contributed by atoms with Crippen molar-refractivity contribution in [2.75, 3.05) is 6.61 Å². The molecule has 3 heterocycles. The summed E-state index contributed by atoms with van der Waals surface area (Å²) < 4.78 is 10.7. The largest absolute Gasteiger partial charge is 0.468 e. The highest BCUT2D eigenvalue weighted by atomic mass is 16.5. The van der Waals surface area contributed by atoms with Crippen LogP contribution in [-0.2, 0) is 17.6 Å². The second kappa shape index (κ2) is 8.14. The Bertz CT molecular complexity index is 1420. The average Bonchev–Trinajstić information content (AvgIpc) is 3.42. The third-order valence-electron chi connectivity index (χ3n) is 5.32. The number of carbonyl (C=O) groups excluding carboxylic acids is 1. The van der Waals surface area contributed by atoms with E-state index in [1.165, 1.54) is 0 Å². The summed E-state index contributed by atoms with van der Waals surface area (Å²) in [4.78, 5) is 28.1. The summed E-state index contributed by atoms with van der Waals surface area (Å²) in [5, 5.41) is 10.9. The summed E-state index contributed by atoms with van der Waals surface area (Å²) in [7, 11) is 0. The molecular formula is C24H20N4O4. The first-order valence-corrected chi connectivity index (χ1v) is 10.3. The van der Waals surface area contributed by atoms with E-state index in [1.807, 2.05) is 42.5 Å². The first kappa shape index (κ1) is 19.7. The molecule has 2 aromatic carbocycles. The molecule has 1 aliphatic heterocycles. The van der Waals surface area contributed by atoms with Gasteiger partial charge in [0, 0.05) is 17.4 Å². The monoisotopic (exact) mass is 428 g/mol. The Hall–Kier alpha value is -4.20. The number of hydrogen-bond acceptors (Lipinski definition) is 6. The molecular weight excluding hydrogens is 408 g/mol. The van der Waals surface area contributed by atoms with Gasteiger partial charge < -0.3 is 9.15 Å². The lowest BCUT2D eigenvalue weighted by Gasteiger charge is -2.04. The van der Waals surface area contributed by atoms with Crippen LogP contribution in [0.4, 0.5) is 10.5 Å². The number of ether oxygens (including phenoxy) is 1. The summed E-state index contributed by atoms with van der Waals surface area (Å²) in [5.41, 5.74) is 4.31. The number of rotatable bonds is 4. The minimum Gasteiger partial charge on any atom is -0.468 e. The summed E-state index contributed by atoms with van der Waals surface area (Å²) in [6, 6.07) is 15.3. The standard InChI is InChI=1S/C24H20N4O4/c1-2-31-24(30)26-22-11-15-9-14(7-8-20(15)25-22)16-10-17(32-13-16)12-21-18-5-3-4-6-19(18)23(29)28-27-21/h3-10,13H,2,11-12H2,1H3,(H,28,29)(H,25,26,30). The maximum absolute atomic E-state index is 12.0. The molecule has 0 spiro atoms. The molecule has 2 N–H and O–H groups in total. The number of nitrogens with one attached hydrogen (secondary N) is 2. The number of furan rings is 1. The topological polar surface area (TPSA) is 110 Å². The van der Waals surface area contributed by atoms with Crippen molar-refractivity contribution in [1.82, 2.24) is 15.5 Å². The Morgan fingerprint density at radius 2 is 2.00 bits per heavy atom. The molecule has 8 heteroatoms. The lowest BCUT2D eigenvalue weighted by molar-refractivity contribution is 0.157. The Balaban J connectivity index is 1.35. The summed E-state index contributed by atoms with van der Waals surface area (Å²) in [6.45, 7) is 2.06. The van der Waals surface area contributed by atoms with E-state index in [2.05, 4.69) is 20.5 Å². The van der Waals surface area contributed by atoms with Crippen LogP contribution in [0.5, 0.6) is 0 Å². The number of aromatic amines is 1. The van der Waals surface area contributed by atoms with Gasteiger partial charge in [0.25, 0.3) is 5.56 Å². The van der Waals surface area contributed by atoms with Gasteiger partial charge in [-0.25, -0.2) is 14.9 Å². The van der Waals surface area contributed by atoms with Crippen LogP contribution in [0.2, 0.25) is 0 Å². The van der Waals surface area contributed by atoms with Gasteiger partial charge in [0.05, 0.1) is 36.1 Å². The smallest absolute Gasteiger partial charge is 0.412 e. The maximum Gasteiger partial charge on any atom is 0.412 e. The van der Waals surface area contributed by atoms with Gasteiger partial charge in [-0.15, -0.1) is 0 Å². The average molecular weight is 428 g/mol. The molecule has 32 heavy (non-hydrogen) atoms. The molecule has 0 atom stereocenters. The Morgan fingerprint density at radius 1 is 1.16 bits per heavy atom. The summed E-state index contributed by atoms with van der Waals surface area (Å²) in [5.74, 6) is 1.31. The molecule has 160 valence electrons. The molecule has 2 aromatic heterocycles. The maximum atomic E-state index is 12.0. The van der Waals surface area contributed by atoms with Crippen LogP contribution in [-0.4, -0.2) is 28.7 Å². The third kappa shape index (κ3) is 3.78. The van der Waals surface area contributed by atoms with Crippen LogP contribution >= 0.6 is 0 Å². The molecule has 5 rings (SSSR count). The second-order valence-electron chi connectivity index (χ2n) is 7.45. The van der Waals surface area contributed by atoms with Crippen molar-refractivity contribution in [2.45, 2.75) is 19.8 Å². The quantitative estimate of drug-likeness (QED) is 0.508. The number of fused-ring (bicyclic) bond motifs is 2. The van der Waals surface area contributed by atoms with Gasteiger partial charge in [-0.3, -0.25) is 10.1 Å². The first-order chi connectivity index (χ1) is 15.6. The summed E-state index contributed by atoms with van der Waals surface area (Å²) >= 11 is 0. The molecule has 1 aliphatic rings. The number of amides is 1. The number of amidine groups is 1. The Labute approximate surface area is 182 Å². The molecule has 8 nitrogen and oxygen atoms in total. The van der Waals surface area contributed by atoms with Crippen LogP contribution in [0.25, 0.3) is 21.9 Å². The minimum absolute atomic E-state index is 0.207. The van der Waals surface area contributed by atoms with E-state index in [4.69, 9.17) is 9.15 Å². The fourth-order valence-electron chi connectivity index (χ4n) is 3.83. The number of carbonyl (C=O) groups is 1. The van der Waals surface area contributed by atoms with Crippen LogP contribution in [0.1, 0.15) is 23.9 Å². The van der Waals surface area contributed by atoms with Crippen molar-refractivity contribution < 1.29 is 13.9 Å². The highest BCUT2D eigenvalue weighted by Gasteiger charge is 2.18. The first-order valence-electron chi connectivity index (χ1n) is 10.3. The van der Waals surface area contributed by atoms with Crippen LogP contribution in [0.3, 0.4) is 0 Å². The van der Waals surface area contributed by atoms with E-state index in [1.54, 1.807) is 19.3 Å². The number of alkyl carbamates (subject to hydrolysis) is 1. The molecule has 4 aromatic rings. The lowest BCUT2D eigenvalue weighted by Crippen LogP contribution is -2.31. The number of nitrogens with zero attached hydrogens (tertiary/aromatic N) is 2. The highest BCUT2D eigenvalue weighted by Crippen LogP contribution is 2.32. The van der Waals surface area contributed by atoms with E-state index in [0.717, 1.165) is 39.2 Å². The SMILES string of the molecule is CCOC(=O)NC1=Nc2ccc(-c3coc(Cc4n[nH]c(=O)c5ccccc45)c3)cc2C1. The minimum atomic E-state index is -0.498. The van der Waals surface area contributed by atoms with Gasteiger partial charge in [-0.1, -0.05) is 24.3 Å². The second-order valence-corrected chi connectivity index (χ2v) is 7.45. The van der Waals surface area contributed by atoms with Gasteiger partial charge in [-0.2, -0.15) is 5.10 Å². The fraction of sp³-hybridized carbons (Fsp3) is 0.167. The number of benzene rings is 2. The Kier molecular flexibility index (Phi) is 5.03. The highest BCUT2D eigenvalue weighted by molar-refractivity contribution is 6.01. The normalized spacial score (nSPS) is 12.5. The zero-order chi connectivity index (χ0) is 22.1. The predicted octanol–water partition coefficient (Wildman–Crippen LogP) is 4.11. The van der Waals surface area contributed by atoms with Gasteiger partial charge in [0.1, 0.15) is 11.6 Å². The van der Waals surface area contributed by atoms with Gasteiger partial charge in [0.15, 0.2) is 0 Å². The zero-order valence-corrected chi connectivity index (χ0v) is 17.3. The van der Waals surface area contributed by atoms with Crippen molar-refractivity contribution in [3.63, 3.8) is 0 Å². The molecule has 0 saturated heterocycles. The van der Waals surface area contributed by atoms with Crippen molar-refractivity contribution in [3.05, 3.63) is 82.2 Å². The molecule has 0 aliphatic carbocycles. The molecule has 0 saturated carbocycles. The van der Waals surface area contributed by atoms with E-state index in [9.17, 15) is 9.59 Å². The predicted molar refractivity (Wildman–Crippen MR) is 120 cm³/mol. The van der Waals surface area contributed by atoms with Gasteiger partial charge >= 0.3 is 6.09 Å². The lowest BCUT2D eigenvalue weighted by atomic mass is 10.0. The van der Waals surface area contributed by atoms with Crippen LogP contribution < -0.4 is 10.9 Å². The van der Waals surface area contributed by atoms with E-state index in [-0.39, 0.29) is 5.56 Å². The van der Waals surface area contributed by atoms with Crippen LogP contribution in [0.15, 0.2) is 69.0 Å². The van der Waals surface area contributed by atoms with Gasteiger partial charge in [-0.05, 0) is 42.3 Å². The van der Waals surface area contributed by atoms with Gasteiger partial charge in [0.2, 0.25) is 0 Å². The number of aromatic nitrogens is 2. The van der Waals surface area contributed by atoms with Crippen molar-refractivity contribution in [1.29, 1.82) is 0 Å². The molecule has 0 unspecified atom stereocenters. The molecule has 0 radical (unpaired) electrons. The fourth-order valence-corrected chi connectivity index (χ4v) is 3.83. The zero-order valence-electron chi connectivity index (χ0n) is 17.3. The van der Waals surface area contributed by atoms with E-state index in [0.29, 0.717) is 30.7 Å². The summed E-state index contributed by atoms with van der Waals surface area (Å²) in [6.07, 6.45) is 2.19. The number of hydrogen-bond donors (Lipinski definition) is 2. The van der Waals surface area contributed by atoms with Crippen molar-refractivity contribution >= 4 is 28.4 Å². The number of aliphatic imine (C=N–C) groups is 1. The van der Waals surface area contributed by atoms with Crippen molar-refractivity contribution in [3.8, 4) is 11.1 Å². The number of H-pyrrole nitrogens is 1. The van der Waals surface area contributed by atoms with E-state index >= 15 is 0 Å². The van der Waals surface area contributed by atoms with Crippen LogP contribution in [0, 0.1) is 0 Å². The van der Waals surface area contributed by atoms with E-state index < -0.39 is 6.09 Å². The third-order valence-corrected chi connectivity index (χ3v) is 5.32.